The number of nitrogens with zero attached hydrogens (tertiary/aromatic N) is 6. The molecule has 4 rings (SSSR count). The number of halogens is 1. The van der Waals surface area contributed by atoms with E-state index in [1.165, 1.54) is 5.56 Å². The van der Waals surface area contributed by atoms with Gasteiger partial charge in [-0.3, -0.25) is 9.30 Å². The summed E-state index contributed by atoms with van der Waals surface area (Å²) in [6, 6.07) is 8.55. The lowest BCUT2D eigenvalue weighted by Gasteiger charge is -2.22. The molecule has 7 heteroatoms. The molecule has 1 fully saturated rings. The van der Waals surface area contributed by atoms with Gasteiger partial charge in [0.2, 0.25) is 5.65 Å². The molecule has 1 saturated heterocycles. The molecule has 0 aliphatic carbocycles. The number of benzene rings is 1. The van der Waals surface area contributed by atoms with Crippen LogP contribution in [0.5, 0.6) is 0 Å². The van der Waals surface area contributed by atoms with Gasteiger partial charge in [-0.25, -0.2) is 4.98 Å². The summed E-state index contributed by atoms with van der Waals surface area (Å²) in [5.41, 5.74) is 2.17. The van der Waals surface area contributed by atoms with E-state index in [1.807, 2.05) is 16.8 Å². The van der Waals surface area contributed by atoms with Crippen molar-refractivity contribution in [3.8, 4) is 0 Å². The molecule has 0 unspecified atom stereocenters. The van der Waals surface area contributed by atoms with Crippen LogP contribution in [-0.4, -0.2) is 50.7 Å². The Hall–Kier alpha value is -1.99. The molecule has 124 valence electrons. The minimum Gasteiger partial charge on any atom is -0.352 e. The first-order valence-corrected chi connectivity index (χ1v) is 8.95. The number of rotatable bonds is 3. The van der Waals surface area contributed by atoms with E-state index in [-0.39, 0.29) is 0 Å². The number of aromatic nitrogens is 4. The second-order valence-corrected chi connectivity index (χ2v) is 6.98. The Kier molecular flexibility index (Phi) is 4.44. The topological polar surface area (TPSA) is 49.6 Å². The van der Waals surface area contributed by atoms with E-state index in [0.717, 1.165) is 55.1 Å². The average molecular weight is 387 g/mol. The van der Waals surface area contributed by atoms with Gasteiger partial charge >= 0.3 is 0 Å². The average Bonchev–Trinajstić information content (AvgIpc) is 2.95. The predicted octanol–water partition coefficient (Wildman–Crippen LogP) is 2.60. The maximum atomic E-state index is 4.54. The highest BCUT2D eigenvalue weighted by atomic mass is 79.9. The Balaban J connectivity index is 1.47. The molecule has 0 saturated carbocycles. The fourth-order valence-corrected chi connectivity index (χ4v) is 3.65. The normalized spacial score (nSPS) is 16.5. The van der Waals surface area contributed by atoms with Crippen molar-refractivity contribution in [1.82, 2.24) is 24.5 Å². The Labute approximate surface area is 149 Å². The van der Waals surface area contributed by atoms with Crippen LogP contribution in [0.15, 0.2) is 47.5 Å². The molecule has 0 spiro atoms. The van der Waals surface area contributed by atoms with E-state index >= 15 is 0 Å². The van der Waals surface area contributed by atoms with Gasteiger partial charge in [-0.2, -0.15) is 0 Å². The van der Waals surface area contributed by atoms with Gasteiger partial charge in [0.05, 0.1) is 0 Å². The third-order valence-electron chi connectivity index (χ3n) is 4.38. The molecule has 1 aliphatic rings. The van der Waals surface area contributed by atoms with Crippen LogP contribution in [0.3, 0.4) is 0 Å². The molecule has 1 aliphatic heterocycles. The molecule has 0 bridgehead atoms. The minimum absolute atomic E-state index is 0.831. The number of anilines is 1. The van der Waals surface area contributed by atoms with Crippen molar-refractivity contribution < 1.29 is 0 Å². The zero-order chi connectivity index (χ0) is 16.4. The number of fused-ring (bicyclic) bond motifs is 1. The third kappa shape index (κ3) is 3.27. The van der Waals surface area contributed by atoms with E-state index in [0.29, 0.717) is 0 Å². The first-order chi connectivity index (χ1) is 11.8. The van der Waals surface area contributed by atoms with Crippen LogP contribution >= 0.6 is 15.9 Å². The summed E-state index contributed by atoms with van der Waals surface area (Å²) in [6.07, 6.45) is 6.54. The van der Waals surface area contributed by atoms with E-state index in [2.05, 4.69) is 65.2 Å². The van der Waals surface area contributed by atoms with Gasteiger partial charge in [-0.1, -0.05) is 28.1 Å². The molecule has 0 atom stereocenters. The maximum Gasteiger partial charge on any atom is 0.203 e. The zero-order valence-electron chi connectivity index (χ0n) is 13.3. The largest absolute Gasteiger partial charge is 0.352 e. The molecule has 1 aromatic carbocycles. The smallest absolute Gasteiger partial charge is 0.203 e. The second kappa shape index (κ2) is 6.86. The van der Waals surface area contributed by atoms with Crippen molar-refractivity contribution in [2.45, 2.75) is 13.0 Å². The molecular formula is C17H19BrN6. The molecule has 0 radical (unpaired) electrons. The number of hydrogen-bond donors (Lipinski definition) is 0. The molecule has 3 heterocycles. The van der Waals surface area contributed by atoms with Gasteiger partial charge in [0.1, 0.15) is 6.33 Å². The molecule has 24 heavy (non-hydrogen) atoms. The summed E-state index contributed by atoms with van der Waals surface area (Å²) in [5.74, 6) is 0.930. The fraction of sp³-hybridized carbons (Fsp3) is 0.353. The summed E-state index contributed by atoms with van der Waals surface area (Å²) in [6.45, 7) is 5.04. The number of hydrogen-bond acceptors (Lipinski definition) is 5. The highest BCUT2D eigenvalue weighted by Gasteiger charge is 2.19. The molecule has 2 aromatic heterocycles. The van der Waals surface area contributed by atoms with Gasteiger partial charge in [0, 0.05) is 49.6 Å². The first-order valence-electron chi connectivity index (χ1n) is 8.16. The van der Waals surface area contributed by atoms with Crippen LogP contribution in [0, 0.1) is 0 Å². The summed E-state index contributed by atoms with van der Waals surface area (Å²) in [7, 11) is 0. The van der Waals surface area contributed by atoms with Crippen molar-refractivity contribution >= 4 is 27.4 Å². The van der Waals surface area contributed by atoms with Gasteiger partial charge in [0.15, 0.2) is 5.82 Å². The Morgan fingerprint density at radius 1 is 1.12 bits per heavy atom. The van der Waals surface area contributed by atoms with Crippen molar-refractivity contribution in [2.75, 3.05) is 31.1 Å². The highest BCUT2D eigenvalue weighted by Crippen LogP contribution is 2.19. The summed E-state index contributed by atoms with van der Waals surface area (Å²) < 4.78 is 3.06. The van der Waals surface area contributed by atoms with Crippen molar-refractivity contribution in [1.29, 1.82) is 0 Å². The van der Waals surface area contributed by atoms with Gasteiger partial charge in [0.25, 0.3) is 0 Å². The lowest BCUT2D eigenvalue weighted by atomic mass is 10.2. The van der Waals surface area contributed by atoms with Crippen molar-refractivity contribution in [2.24, 2.45) is 0 Å². The van der Waals surface area contributed by atoms with E-state index in [9.17, 15) is 0 Å². The van der Waals surface area contributed by atoms with Crippen LogP contribution in [0.25, 0.3) is 5.65 Å². The predicted molar refractivity (Wildman–Crippen MR) is 97.0 cm³/mol. The van der Waals surface area contributed by atoms with E-state index in [4.69, 9.17) is 0 Å². The monoisotopic (exact) mass is 386 g/mol. The highest BCUT2D eigenvalue weighted by molar-refractivity contribution is 9.10. The van der Waals surface area contributed by atoms with Crippen LogP contribution in [0.1, 0.15) is 12.0 Å². The van der Waals surface area contributed by atoms with Crippen LogP contribution in [0.2, 0.25) is 0 Å². The lowest BCUT2D eigenvalue weighted by Crippen LogP contribution is -2.31. The maximum absolute atomic E-state index is 4.54. The zero-order valence-corrected chi connectivity index (χ0v) is 14.9. The molecule has 3 aromatic rings. The fourth-order valence-electron chi connectivity index (χ4n) is 3.20. The van der Waals surface area contributed by atoms with Crippen molar-refractivity contribution in [3.63, 3.8) is 0 Å². The molecular weight excluding hydrogens is 368 g/mol. The first kappa shape index (κ1) is 15.5. The lowest BCUT2D eigenvalue weighted by molar-refractivity contribution is 0.285. The van der Waals surface area contributed by atoms with Gasteiger partial charge in [-0.05, 0) is 24.1 Å². The summed E-state index contributed by atoms with van der Waals surface area (Å²) >= 11 is 3.55. The summed E-state index contributed by atoms with van der Waals surface area (Å²) in [4.78, 5) is 9.37. The standard InChI is InChI=1S/C17H19BrN6/c18-15-4-1-3-14(11-15)12-22-6-2-7-23(10-9-22)16-17-21-20-13-24(17)8-5-19-16/h1,3-5,8,11,13H,2,6-7,9-10,12H2. The van der Waals surface area contributed by atoms with Crippen LogP contribution < -0.4 is 4.90 Å². The molecule has 0 N–H and O–H groups in total. The molecule has 6 nitrogen and oxygen atoms in total. The van der Waals surface area contributed by atoms with Crippen LogP contribution in [-0.2, 0) is 6.54 Å². The Bertz CT molecular complexity index is 833. The van der Waals surface area contributed by atoms with E-state index < -0.39 is 0 Å². The summed E-state index contributed by atoms with van der Waals surface area (Å²) in [5, 5.41) is 8.20. The minimum atomic E-state index is 0.831. The quantitative estimate of drug-likeness (QED) is 0.692. The second-order valence-electron chi connectivity index (χ2n) is 6.06. The van der Waals surface area contributed by atoms with Crippen LogP contribution in [0.4, 0.5) is 5.82 Å². The SMILES string of the molecule is Brc1cccc(CN2CCCN(c3nccn4cnnc34)CC2)c1. The third-order valence-corrected chi connectivity index (χ3v) is 4.87. The van der Waals surface area contributed by atoms with Gasteiger partial charge in [-0.15, -0.1) is 10.2 Å². The Morgan fingerprint density at radius 2 is 2.08 bits per heavy atom. The molecule has 0 amide bonds. The van der Waals surface area contributed by atoms with E-state index in [1.54, 1.807) is 6.33 Å². The van der Waals surface area contributed by atoms with Gasteiger partial charge < -0.3 is 4.90 Å². The Morgan fingerprint density at radius 3 is 3.00 bits per heavy atom. The van der Waals surface area contributed by atoms with Crippen molar-refractivity contribution in [3.05, 3.63) is 53.0 Å².